The molecule has 4 rings (SSSR count). The first-order valence-corrected chi connectivity index (χ1v) is 10.5. The number of hydrogen-bond acceptors (Lipinski definition) is 3. The van der Waals surface area contributed by atoms with Gasteiger partial charge >= 0.3 is 0 Å². The van der Waals surface area contributed by atoms with Crippen molar-refractivity contribution < 1.29 is 17.9 Å². The van der Waals surface area contributed by atoms with Gasteiger partial charge in [-0.1, -0.05) is 66.8 Å². The Morgan fingerprint density at radius 1 is 0.853 bits per heavy atom. The molecule has 0 atom stereocenters. The van der Waals surface area contributed by atoms with Crippen LogP contribution in [0.15, 0.2) is 79.6 Å². The number of ether oxygens (including phenoxy) is 1. The molecular formula is C28H21F3N2O. The predicted octanol–water partition coefficient (Wildman–Crippen LogP) is 7.27. The van der Waals surface area contributed by atoms with Gasteiger partial charge in [0.25, 0.3) is 0 Å². The van der Waals surface area contributed by atoms with Crippen LogP contribution in [0.1, 0.15) is 16.7 Å². The van der Waals surface area contributed by atoms with Crippen molar-refractivity contribution in [1.82, 2.24) is 9.97 Å². The van der Waals surface area contributed by atoms with E-state index in [1.807, 2.05) is 19.1 Å². The van der Waals surface area contributed by atoms with Gasteiger partial charge in [0.15, 0.2) is 29.0 Å². The highest BCUT2D eigenvalue weighted by molar-refractivity contribution is 5.73. The quantitative estimate of drug-likeness (QED) is 0.273. The Morgan fingerprint density at radius 2 is 1.56 bits per heavy atom. The molecule has 0 amide bonds. The van der Waals surface area contributed by atoms with Crippen molar-refractivity contribution in [2.45, 2.75) is 6.92 Å². The predicted molar refractivity (Wildman–Crippen MR) is 129 cm³/mol. The van der Waals surface area contributed by atoms with Gasteiger partial charge in [-0.05, 0) is 30.7 Å². The molecule has 0 bridgehead atoms. The van der Waals surface area contributed by atoms with Gasteiger partial charge in [0, 0.05) is 34.6 Å². The molecule has 0 spiro atoms. The fourth-order valence-electron chi connectivity index (χ4n) is 3.31. The Hall–Kier alpha value is -4.19. The second-order valence-electron chi connectivity index (χ2n) is 7.61. The van der Waals surface area contributed by atoms with Crippen molar-refractivity contribution in [2.75, 3.05) is 6.61 Å². The van der Waals surface area contributed by atoms with E-state index in [0.29, 0.717) is 22.5 Å². The Morgan fingerprint density at radius 3 is 2.24 bits per heavy atom. The van der Waals surface area contributed by atoms with E-state index >= 15 is 0 Å². The van der Waals surface area contributed by atoms with Crippen molar-refractivity contribution in [3.63, 3.8) is 0 Å². The molecule has 0 aliphatic heterocycles. The molecule has 0 aliphatic carbocycles. The third-order valence-electron chi connectivity index (χ3n) is 5.15. The molecule has 0 N–H and O–H groups in total. The lowest BCUT2D eigenvalue weighted by atomic mass is 10.0. The Balaban J connectivity index is 1.51. The fraction of sp³-hybridized carbons (Fsp3) is 0.0714. The van der Waals surface area contributed by atoms with E-state index in [9.17, 15) is 13.2 Å². The number of halogens is 3. The number of aryl methyl sites for hydroxylation is 1. The van der Waals surface area contributed by atoms with Crippen LogP contribution in [0.2, 0.25) is 0 Å². The SMILES string of the molecule is C=CCOc1ccc(-c2ncc(/C=C/c3ccc(-c4ccc(C)cc4)c(F)c3F)cn2)cc1F. The highest BCUT2D eigenvalue weighted by Crippen LogP contribution is 2.28. The maximum Gasteiger partial charge on any atom is 0.167 e. The van der Waals surface area contributed by atoms with E-state index in [0.717, 1.165) is 5.56 Å². The summed E-state index contributed by atoms with van der Waals surface area (Å²) in [6.07, 6.45) is 7.62. The van der Waals surface area contributed by atoms with Gasteiger partial charge < -0.3 is 4.74 Å². The average molecular weight is 458 g/mol. The minimum atomic E-state index is -0.930. The summed E-state index contributed by atoms with van der Waals surface area (Å²) in [5.74, 6) is -1.92. The van der Waals surface area contributed by atoms with E-state index in [1.54, 1.807) is 30.3 Å². The van der Waals surface area contributed by atoms with Crippen LogP contribution in [0.3, 0.4) is 0 Å². The van der Waals surface area contributed by atoms with Gasteiger partial charge in [0.2, 0.25) is 0 Å². The second kappa shape index (κ2) is 10.2. The van der Waals surface area contributed by atoms with Crippen LogP contribution in [-0.2, 0) is 0 Å². The number of aromatic nitrogens is 2. The van der Waals surface area contributed by atoms with E-state index in [1.165, 1.54) is 42.7 Å². The third-order valence-corrected chi connectivity index (χ3v) is 5.15. The van der Waals surface area contributed by atoms with Crippen molar-refractivity contribution in [3.05, 3.63) is 114 Å². The highest BCUT2D eigenvalue weighted by atomic mass is 19.2. The lowest BCUT2D eigenvalue weighted by Crippen LogP contribution is -1.97. The van der Waals surface area contributed by atoms with Crippen molar-refractivity contribution in [3.8, 4) is 28.3 Å². The van der Waals surface area contributed by atoms with Gasteiger partial charge in [-0.2, -0.15) is 0 Å². The lowest BCUT2D eigenvalue weighted by molar-refractivity contribution is 0.342. The molecule has 0 saturated carbocycles. The molecule has 3 nitrogen and oxygen atoms in total. The largest absolute Gasteiger partial charge is 0.486 e. The Kier molecular flexibility index (Phi) is 6.87. The minimum Gasteiger partial charge on any atom is -0.486 e. The van der Waals surface area contributed by atoms with Crippen LogP contribution < -0.4 is 4.74 Å². The Bertz CT molecular complexity index is 1350. The molecule has 34 heavy (non-hydrogen) atoms. The molecule has 0 fully saturated rings. The van der Waals surface area contributed by atoms with Gasteiger partial charge in [-0.15, -0.1) is 0 Å². The van der Waals surface area contributed by atoms with Gasteiger partial charge in [-0.3, -0.25) is 0 Å². The van der Waals surface area contributed by atoms with Crippen LogP contribution in [0.5, 0.6) is 5.75 Å². The maximum atomic E-state index is 14.7. The first-order chi connectivity index (χ1) is 16.5. The van der Waals surface area contributed by atoms with Crippen molar-refractivity contribution in [2.24, 2.45) is 0 Å². The summed E-state index contributed by atoms with van der Waals surface area (Å²) in [5, 5.41) is 0. The molecule has 3 aromatic carbocycles. The molecule has 6 heteroatoms. The molecule has 1 aromatic heterocycles. The third kappa shape index (κ3) is 5.07. The maximum absolute atomic E-state index is 14.7. The molecule has 4 aromatic rings. The minimum absolute atomic E-state index is 0.106. The van der Waals surface area contributed by atoms with Gasteiger partial charge in [0.1, 0.15) is 6.61 Å². The van der Waals surface area contributed by atoms with E-state index < -0.39 is 17.5 Å². The summed E-state index contributed by atoms with van der Waals surface area (Å²) in [7, 11) is 0. The number of hydrogen-bond donors (Lipinski definition) is 0. The summed E-state index contributed by atoms with van der Waals surface area (Å²) in [4.78, 5) is 8.48. The molecular weight excluding hydrogens is 437 g/mol. The van der Waals surface area contributed by atoms with E-state index in [2.05, 4.69) is 16.5 Å². The van der Waals surface area contributed by atoms with Crippen molar-refractivity contribution in [1.29, 1.82) is 0 Å². The van der Waals surface area contributed by atoms with Crippen LogP contribution in [-0.4, -0.2) is 16.6 Å². The summed E-state index contributed by atoms with van der Waals surface area (Å²) < 4.78 is 48.7. The number of rotatable bonds is 7. The topological polar surface area (TPSA) is 35.0 Å². The summed E-state index contributed by atoms with van der Waals surface area (Å²) in [6.45, 7) is 5.66. The average Bonchev–Trinajstić information content (AvgIpc) is 2.85. The molecule has 1 heterocycles. The molecule has 0 saturated heterocycles. The summed E-state index contributed by atoms with van der Waals surface area (Å²) in [6, 6.07) is 14.7. The fourth-order valence-corrected chi connectivity index (χ4v) is 3.31. The first-order valence-electron chi connectivity index (χ1n) is 10.5. The Labute approximate surface area is 195 Å². The van der Waals surface area contributed by atoms with Crippen LogP contribution >= 0.6 is 0 Å². The molecule has 170 valence electrons. The normalized spacial score (nSPS) is 11.1. The smallest absolute Gasteiger partial charge is 0.167 e. The zero-order chi connectivity index (χ0) is 24.1. The number of benzene rings is 3. The van der Waals surface area contributed by atoms with Gasteiger partial charge in [-0.25, -0.2) is 23.1 Å². The number of nitrogens with zero attached hydrogens (tertiary/aromatic N) is 2. The monoisotopic (exact) mass is 458 g/mol. The summed E-state index contributed by atoms with van der Waals surface area (Å²) >= 11 is 0. The highest BCUT2D eigenvalue weighted by Gasteiger charge is 2.13. The lowest BCUT2D eigenvalue weighted by Gasteiger charge is -2.07. The molecule has 0 aliphatic rings. The van der Waals surface area contributed by atoms with E-state index in [4.69, 9.17) is 4.74 Å². The van der Waals surface area contributed by atoms with Crippen LogP contribution in [0, 0.1) is 24.4 Å². The second-order valence-corrected chi connectivity index (χ2v) is 7.61. The molecule has 0 unspecified atom stereocenters. The van der Waals surface area contributed by atoms with Crippen LogP contribution in [0.4, 0.5) is 13.2 Å². The zero-order valence-corrected chi connectivity index (χ0v) is 18.4. The zero-order valence-electron chi connectivity index (χ0n) is 18.4. The van der Waals surface area contributed by atoms with Gasteiger partial charge in [0.05, 0.1) is 0 Å². The molecule has 0 radical (unpaired) electrons. The van der Waals surface area contributed by atoms with Crippen molar-refractivity contribution >= 4 is 12.2 Å². The standard InChI is InChI=1S/C28H21F3N2O/c1-3-14-34-25-13-11-22(15-24(25)29)28-32-16-19(17-33-28)6-9-21-10-12-23(27(31)26(21)30)20-7-4-18(2)5-8-20/h3-13,15-17H,1,14H2,2H3/b9-6+. The summed E-state index contributed by atoms with van der Waals surface area (Å²) in [5.41, 5.74) is 3.02. The van der Waals surface area contributed by atoms with E-state index in [-0.39, 0.29) is 23.5 Å². The van der Waals surface area contributed by atoms with Crippen LogP contribution in [0.25, 0.3) is 34.7 Å². The first kappa shape index (κ1) is 23.0.